The van der Waals surface area contributed by atoms with Gasteiger partial charge in [-0.25, -0.2) is 14.8 Å². The standard InChI is InChI=1S/C19H16ClN3O2S/c1-11-5-3-6-12(2)17(11)15-10-16(20)22-19(21-15)23-26-14-8-4-7-13(9-14)18(24)25/h3-10H,1-2H3,(H,24,25)(H,21,22,23). The van der Waals surface area contributed by atoms with Gasteiger partial charge >= 0.3 is 5.97 Å². The van der Waals surface area contributed by atoms with Crippen LogP contribution in [0.4, 0.5) is 5.95 Å². The second-order valence-corrected chi connectivity index (χ2v) is 6.97. The summed E-state index contributed by atoms with van der Waals surface area (Å²) in [6.45, 7) is 4.05. The quantitative estimate of drug-likeness (QED) is 0.462. The Morgan fingerprint density at radius 1 is 1.08 bits per heavy atom. The molecule has 132 valence electrons. The molecule has 0 fully saturated rings. The molecular formula is C19H16ClN3O2S. The van der Waals surface area contributed by atoms with E-state index in [1.54, 1.807) is 30.3 Å². The van der Waals surface area contributed by atoms with Crippen molar-refractivity contribution in [2.45, 2.75) is 18.7 Å². The number of halogens is 1. The van der Waals surface area contributed by atoms with Crippen molar-refractivity contribution in [2.24, 2.45) is 0 Å². The van der Waals surface area contributed by atoms with Crippen LogP contribution in [0.1, 0.15) is 21.5 Å². The van der Waals surface area contributed by atoms with Gasteiger partial charge in [0.25, 0.3) is 0 Å². The first kappa shape index (κ1) is 18.2. The van der Waals surface area contributed by atoms with Gasteiger partial charge in [-0.15, -0.1) is 0 Å². The first-order valence-electron chi connectivity index (χ1n) is 7.81. The van der Waals surface area contributed by atoms with Crippen LogP contribution < -0.4 is 4.72 Å². The maximum Gasteiger partial charge on any atom is 0.335 e. The van der Waals surface area contributed by atoms with Crippen molar-refractivity contribution in [3.8, 4) is 11.3 Å². The molecule has 0 spiro atoms. The summed E-state index contributed by atoms with van der Waals surface area (Å²) in [7, 11) is 0. The van der Waals surface area contributed by atoms with Gasteiger partial charge in [-0.3, -0.25) is 4.72 Å². The third kappa shape index (κ3) is 4.15. The summed E-state index contributed by atoms with van der Waals surface area (Å²) in [6, 6.07) is 14.4. The Hall–Kier alpha value is -2.57. The van der Waals surface area contributed by atoms with Gasteiger partial charge in [0, 0.05) is 16.5 Å². The minimum atomic E-state index is -0.969. The highest BCUT2D eigenvalue weighted by Crippen LogP contribution is 2.29. The van der Waals surface area contributed by atoms with E-state index in [2.05, 4.69) is 14.7 Å². The van der Waals surface area contributed by atoms with Crippen molar-refractivity contribution in [1.82, 2.24) is 9.97 Å². The lowest BCUT2D eigenvalue weighted by molar-refractivity contribution is 0.0696. The number of aromatic nitrogens is 2. The molecule has 0 saturated heterocycles. The van der Waals surface area contributed by atoms with E-state index in [0.717, 1.165) is 27.3 Å². The third-order valence-electron chi connectivity index (χ3n) is 3.77. The van der Waals surface area contributed by atoms with Gasteiger partial charge in [0.1, 0.15) is 5.15 Å². The van der Waals surface area contributed by atoms with E-state index in [1.807, 2.05) is 32.0 Å². The minimum absolute atomic E-state index is 0.222. The van der Waals surface area contributed by atoms with E-state index in [1.165, 1.54) is 11.9 Å². The summed E-state index contributed by atoms with van der Waals surface area (Å²) in [5.41, 5.74) is 4.20. The topological polar surface area (TPSA) is 75.1 Å². The Balaban J connectivity index is 1.87. The van der Waals surface area contributed by atoms with Crippen LogP contribution in [-0.4, -0.2) is 21.0 Å². The summed E-state index contributed by atoms with van der Waals surface area (Å²) >= 11 is 7.40. The highest BCUT2D eigenvalue weighted by atomic mass is 35.5. The number of hydrogen-bond acceptors (Lipinski definition) is 5. The molecule has 2 aromatic carbocycles. The van der Waals surface area contributed by atoms with E-state index in [4.69, 9.17) is 16.7 Å². The Bertz CT molecular complexity index is 958. The first-order valence-corrected chi connectivity index (χ1v) is 9.01. The molecule has 0 unspecified atom stereocenters. The number of hydrogen-bond donors (Lipinski definition) is 2. The Labute approximate surface area is 160 Å². The van der Waals surface area contributed by atoms with E-state index < -0.39 is 5.97 Å². The van der Waals surface area contributed by atoms with Gasteiger partial charge < -0.3 is 5.11 Å². The lowest BCUT2D eigenvalue weighted by Gasteiger charge is -2.11. The van der Waals surface area contributed by atoms with Crippen LogP contribution >= 0.6 is 23.5 Å². The molecule has 0 saturated carbocycles. The number of rotatable bonds is 5. The zero-order valence-electron chi connectivity index (χ0n) is 14.2. The van der Waals surface area contributed by atoms with Gasteiger partial charge in [0.2, 0.25) is 5.95 Å². The highest BCUT2D eigenvalue weighted by molar-refractivity contribution is 8.00. The zero-order chi connectivity index (χ0) is 18.7. The summed E-state index contributed by atoms with van der Waals surface area (Å²) in [5.74, 6) is -0.607. The second kappa shape index (κ2) is 7.76. The average molecular weight is 386 g/mol. The third-order valence-corrected chi connectivity index (χ3v) is 4.74. The number of benzene rings is 2. The van der Waals surface area contributed by atoms with Gasteiger partial charge in [-0.2, -0.15) is 0 Å². The molecule has 0 atom stereocenters. The van der Waals surface area contributed by atoms with Crippen LogP contribution in [0.25, 0.3) is 11.3 Å². The summed E-state index contributed by atoms with van der Waals surface area (Å²) in [6.07, 6.45) is 0. The maximum atomic E-state index is 11.1. The molecule has 0 amide bonds. The fourth-order valence-corrected chi connectivity index (χ4v) is 3.42. The largest absolute Gasteiger partial charge is 0.478 e. The lowest BCUT2D eigenvalue weighted by atomic mass is 10.00. The number of aromatic carboxylic acids is 1. The number of carboxylic acid groups (broad SMARTS) is 1. The van der Waals surface area contributed by atoms with Crippen molar-refractivity contribution in [3.63, 3.8) is 0 Å². The molecule has 0 radical (unpaired) electrons. The van der Waals surface area contributed by atoms with E-state index in [0.29, 0.717) is 11.1 Å². The molecule has 5 nitrogen and oxygen atoms in total. The number of carbonyl (C=O) groups is 1. The first-order chi connectivity index (χ1) is 12.4. The van der Waals surface area contributed by atoms with Crippen molar-refractivity contribution < 1.29 is 9.90 Å². The SMILES string of the molecule is Cc1cccc(C)c1-c1cc(Cl)nc(NSc2cccc(C(=O)O)c2)n1. The maximum absolute atomic E-state index is 11.1. The number of nitrogens with zero attached hydrogens (tertiary/aromatic N) is 2. The molecule has 26 heavy (non-hydrogen) atoms. The molecule has 3 aromatic rings. The molecule has 7 heteroatoms. The Morgan fingerprint density at radius 2 is 1.77 bits per heavy atom. The van der Waals surface area contributed by atoms with Crippen molar-refractivity contribution >= 4 is 35.5 Å². The van der Waals surface area contributed by atoms with Crippen LogP contribution in [0.5, 0.6) is 0 Å². The fourth-order valence-electron chi connectivity index (χ4n) is 2.61. The molecule has 3 rings (SSSR count). The zero-order valence-corrected chi connectivity index (χ0v) is 15.7. The number of carboxylic acids is 1. The van der Waals surface area contributed by atoms with Crippen LogP contribution in [0.15, 0.2) is 53.4 Å². The van der Waals surface area contributed by atoms with Crippen LogP contribution in [0.2, 0.25) is 5.15 Å². The average Bonchev–Trinajstić information content (AvgIpc) is 2.60. The molecule has 2 N–H and O–H groups in total. The lowest BCUT2D eigenvalue weighted by Crippen LogP contribution is -1.99. The van der Waals surface area contributed by atoms with Gasteiger partial charge in [-0.1, -0.05) is 35.9 Å². The fraction of sp³-hybridized carbons (Fsp3) is 0.105. The summed E-state index contributed by atoms with van der Waals surface area (Å²) in [4.78, 5) is 20.6. The van der Waals surface area contributed by atoms with Crippen LogP contribution in [-0.2, 0) is 0 Å². The molecule has 0 aliphatic heterocycles. The Kier molecular flexibility index (Phi) is 5.44. The predicted octanol–water partition coefficient (Wildman–Crippen LogP) is 5.23. The van der Waals surface area contributed by atoms with Crippen LogP contribution in [0.3, 0.4) is 0 Å². The minimum Gasteiger partial charge on any atom is -0.478 e. The predicted molar refractivity (Wildman–Crippen MR) is 105 cm³/mol. The number of anilines is 1. The molecule has 1 aromatic heterocycles. The molecule has 0 aliphatic carbocycles. The summed E-state index contributed by atoms with van der Waals surface area (Å²) < 4.78 is 3.03. The molecule has 0 aliphatic rings. The van der Waals surface area contributed by atoms with Gasteiger partial charge in [0.15, 0.2) is 0 Å². The second-order valence-electron chi connectivity index (χ2n) is 5.70. The summed E-state index contributed by atoms with van der Waals surface area (Å²) in [5, 5.41) is 9.41. The smallest absolute Gasteiger partial charge is 0.335 e. The van der Waals surface area contributed by atoms with Crippen molar-refractivity contribution in [2.75, 3.05) is 4.72 Å². The number of aryl methyl sites for hydroxylation is 2. The van der Waals surface area contributed by atoms with Crippen LogP contribution in [0, 0.1) is 13.8 Å². The van der Waals surface area contributed by atoms with Crippen molar-refractivity contribution in [3.05, 3.63) is 70.4 Å². The molecule has 1 heterocycles. The highest BCUT2D eigenvalue weighted by Gasteiger charge is 2.11. The van der Waals surface area contributed by atoms with E-state index in [-0.39, 0.29) is 5.56 Å². The molecule has 0 bridgehead atoms. The normalized spacial score (nSPS) is 10.6. The van der Waals surface area contributed by atoms with Crippen molar-refractivity contribution in [1.29, 1.82) is 0 Å². The molecular weight excluding hydrogens is 370 g/mol. The Morgan fingerprint density at radius 3 is 2.46 bits per heavy atom. The monoisotopic (exact) mass is 385 g/mol. The number of nitrogens with one attached hydrogen (secondary N) is 1. The van der Waals surface area contributed by atoms with E-state index in [9.17, 15) is 4.79 Å². The van der Waals surface area contributed by atoms with Gasteiger partial charge in [-0.05, 0) is 55.1 Å². The van der Waals surface area contributed by atoms with Gasteiger partial charge in [0.05, 0.1) is 11.3 Å². The van der Waals surface area contributed by atoms with E-state index >= 15 is 0 Å².